The molecule has 0 bridgehead atoms. The van der Waals surface area contributed by atoms with Gasteiger partial charge in [-0.05, 0) is 36.4 Å². The number of halogens is 3. The van der Waals surface area contributed by atoms with Crippen molar-refractivity contribution in [2.24, 2.45) is 0 Å². The standard InChI is InChI=1S/C14H9BrF2O2/c15-8-13(18)9-1-4-11(5-2-9)19-14-7-10(16)3-6-12(14)17/h1-7H,8H2. The molecule has 0 amide bonds. The fraction of sp³-hybridized carbons (Fsp3) is 0.0714. The zero-order valence-corrected chi connectivity index (χ0v) is 11.3. The predicted molar refractivity (Wildman–Crippen MR) is 71.0 cm³/mol. The first-order chi connectivity index (χ1) is 9.10. The number of hydrogen-bond donors (Lipinski definition) is 0. The molecule has 2 nitrogen and oxygen atoms in total. The van der Waals surface area contributed by atoms with Gasteiger partial charge in [0.05, 0.1) is 5.33 Å². The third-order valence-electron chi connectivity index (χ3n) is 2.42. The van der Waals surface area contributed by atoms with Gasteiger partial charge >= 0.3 is 0 Å². The van der Waals surface area contributed by atoms with Crippen molar-refractivity contribution < 1.29 is 18.3 Å². The highest BCUT2D eigenvalue weighted by atomic mass is 79.9. The molecule has 0 saturated heterocycles. The topological polar surface area (TPSA) is 26.3 Å². The van der Waals surface area contributed by atoms with Gasteiger partial charge in [0, 0.05) is 11.6 Å². The number of alkyl halides is 1. The van der Waals surface area contributed by atoms with E-state index in [1.165, 1.54) is 12.1 Å². The van der Waals surface area contributed by atoms with E-state index in [0.717, 1.165) is 18.2 Å². The molecule has 0 radical (unpaired) electrons. The van der Waals surface area contributed by atoms with E-state index in [2.05, 4.69) is 15.9 Å². The van der Waals surface area contributed by atoms with Gasteiger partial charge in [-0.15, -0.1) is 0 Å². The number of hydrogen-bond acceptors (Lipinski definition) is 2. The summed E-state index contributed by atoms with van der Waals surface area (Å²) < 4.78 is 31.6. The lowest BCUT2D eigenvalue weighted by molar-refractivity contribution is 0.102. The first-order valence-electron chi connectivity index (χ1n) is 5.42. The van der Waals surface area contributed by atoms with Gasteiger partial charge in [-0.3, -0.25) is 4.79 Å². The molecule has 0 fully saturated rings. The van der Waals surface area contributed by atoms with Crippen LogP contribution in [0.4, 0.5) is 8.78 Å². The van der Waals surface area contributed by atoms with Crippen LogP contribution in [0.1, 0.15) is 10.4 Å². The molecule has 2 aromatic carbocycles. The minimum Gasteiger partial charge on any atom is -0.454 e. The van der Waals surface area contributed by atoms with Crippen molar-refractivity contribution in [3.05, 3.63) is 59.7 Å². The molecule has 0 unspecified atom stereocenters. The summed E-state index contributed by atoms with van der Waals surface area (Å²) in [5.74, 6) is -1.16. The molecule has 0 saturated carbocycles. The molecule has 0 aliphatic rings. The van der Waals surface area contributed by atoms with E-state index in [9.17, 15) is 13.6 Å². The highest BCUT2D eigenvalue weighted by molar-refractivity contribution is 9.09. The molecule has 0 aromatic heterocycles. The zero-order valence-electron chi connectivity index (χ0n) is 9.70. The summed E-state index contributed by atoms with van der Waals surface area (Å²) in [7, 11) is 0. The van der Waals surface area contributed by atoms with Gasteiger partial charge in [-0.25, -0.2) is 8.78 Å². The van der Waals surface area contributed by atoms with Crippen LogP contribution in [-0.4, -0.2) is 11.1 Å². The van der Waals surface area contributed by atoms with Crippen molar-refractivity contribution in [3.8, 4) is 11.5 Å². The monoisotopic (exact) mass is 326 g/mol. The van der Waals surface area contributed by atoms with Gasteiger partial charge in [0.15, 0.2) is 17.3 Å². The first kappa shape index (κ1) is 13.7. The van der Waals surface area contributed by atoms with Crippen LogP contribution in [0.2, 0.25) is 0 Å². The fourth-order valence-electron chi connectivity index (χ4n) is 1.47. The Bertz CT molecular complexity index is 597. The minimum atomic E-state index is -0.651. The highest BCUT2D eigenvalue weighted by Crippen LogP contribution is 2.25. The maximum Gasteiger partial charge on any atom is 0.173 e. The lowest BCUT2D eigenvalue weighted by Gasteiger charge is -2.07. The number of carbonyl (C=O) groups excluding carboxylic acids is 1. The Hall–Kier alpha value is -1.75. The van der Waals surface area contributed by atoms with Gasteiger partial charge in [-0.2, -0.15) is 0 Å². The van der Waals surface area contributed by atoms with E-state index in [-0.39, 0.29) is 16.9 Å². The Morgan fingerprint density at radius 1 is 1.11 bits per heavy atom. The molecule has 0 aliphatic heterocycles. The predicted octanol–water partition coefficient (Wildman–Crippen LogP) is 4.33. The van der Waals surface area contributed by atoms with E-state index < -0.39 is 11.6 Å². The SMILES string of the molecule is O=C(CBr)c1ccc(Oc2cc(F)ccc2F)cc1. The van der Waals surface area contributed by atoms with Crippen molar-refractivity contribution in [2.75, 3.05) is 5.33 Å². The number of rotatable bonds is 4. The van der Waals surface area contributed by atoms with Gasteiger partial charge in [0.2, 0.25) is 0 Å². The van der Waals surface area contributed by atoms with Gasteiger partial charge in [0.25, 0.3) is 0 Å². The maximum atomic E-state index is 13.4. The summed E-state index contributed by atoms with van der Waals surface area (Å²) in [6.07, 6.45) is 0. The zero-order chi connectivity index (χ0) is 13.8. The van der Waals surface area contributed by atoms with Crippen molar-refractivity contribution in [1.29, 1.82) is 0 Å². The molecule has 2 rings (SSSR count). The second kappa shape index (κ2) is 5.93. The lowest BCUT2D eigenvalue weighted by atomic mass is 10.1. The third-order valence-corrected chi connectivity index (χ3v) is 2.93. The molecule has 0 atom stereocenters. The van der Waals surface area contributed by atoms with Crippen LogP contribution in [0.25, 0.3) is 0 Å². The number of ether oxygens (including phenoxy) is 1. The van der Waals surface area contributed by atoms with Crippen LogP contribution >= 0.6 is 15.9 Å². The molecule has 5 heteroatoms. The average Bonchev–Trinajstić information content (AvgIpc) is 2.43. The summed E-state index contributed by atoms with van der Waals surface area (Å²) in [5.41, 5.74) is 0.518. The van der Waals surface area contributed by atoms with E-state index in [1.807, 2.05) is 0 Å². The van der Waals surface area contributed by atoms with Crippen LogP contribution in [0.5, 0.6) is 11.5 Å². The van der Waals surface area contributed by atoms with Crippen LogP contribution in [-0.2, 0) is 0 Å². The Kier molecular flexibility index (Phi) is 4.27. The van der Waals surface area contributed by atoms with Crippen LogP contribution in [0.3, 0.4) is 0 Å². The molecule has 19 heavy (non-hydrogen) atoms. The van der Waals surface area contributed by atoms with Crippen molar-refractivity contribution >= 4 is 21.7 Å². The largest absolute Gasteiger partial charge is 0.454 e. The maximum absolute atomic E-state index is 13.4. The number of carbonyl (C=O) groups is 1. The molecular formula is C14H9BrF2O2. The molecule has 0 heterocycles. The summed E-state index contributed by atoms with van der Waals surface area (Å²) in [4.78, 5) is 11.4. The van der Waals surface area contributed by atoms with Crippen molar-refractivity contribution in [3.63, 3.8) is 0 Å². The molecule has 0 aliphatic carbocycles. The summed E-state index contributed by atoms with van der Waals surface area (Å²) >= 11 is 3.07. The minimum absolute atomic E-state index is 0.0662. The Morgan fingerprint density at radius 2 is 1.79 bits per heavy atom. The van der Waals surface area contributed by atoms with Gasteiger partial charge in [-0.1, -0.05) is 15.9 Å². The summed E-state index contributed by atoms with van der Waals surface area (Å²) in [6, 6.07) is 9.16. The van der Waals surface area contributed by atoms with Crippen molar-refractivity contribution in [1.82, 2.24) is 0 Å². The molecular weight excluding hydrogens is 318 g/mol. The molecule has 98 valence electrons. The average molecular weight is 327 g/mol. The molecule has 0 N–H and O–H groups in total. The van der Waals surface area contributed by atoms with E-state index >= 15 is 0 Å². The Balaban J connectivity index is 2.19. The number of Topliss-reactive ketones (excluding diaryl/α,β-unsaturated/α-hetero) is 1. The summed E-state index contributed by atoms with van der Waals surface area (Å²) in [5, 5.41) is 0.228. The lowest BCUT2D eigenvalue weighted by Crippen LogP contribution is -1.99. The van der Waals surface area contributed by atoms with Crippen LogP contribution in [0.15, 0.2) is 42.5 Å². The van der Waals surface area contributed by atoms with E-state index in [0.29, 0.717) is 11.3 Å². The third kappa shape index (κ3) is 3.38. The smallest absolute Gasteiger partial charge is 0.173 e. The second-order valence-corrected chi connectivity index (χ2v) is 4.32. The first-order valence-corrected chi connectivity index (χ1v) is 6.54. The highest BCUT2D eigenvalue weighted by Gasteiger charge is 2.08. The van der Waals surface area contributed by atoms with Crippen LogP contribution < -0.4 is 4.74 Å². The van der Waals surface area contributed by atoms with Crippen LogP contribution in [0, 0.1) is 11.6 Å². The van der Waals surface area contributed by atoms with Crippen molar-refractivity contribution in [2.45, 2.75) is 0 Å². The number of benzene rings is 2. The summed E-state index contributed by atoms with van der Waals surface area (Å²) in [6.45, 7) is 0. The normalized spacial score (nSPS) is 10.3. The molecule has 0 spiro atoms. The Morgan fingerprint density at radius 3 is 2.42 bits per heavy atom. The Labute approximate surface area is 117 Å². The van der Waals surface area contributed by atoms with Gasteiger partial charge < -0.3 is 4.74 Å². The fourth-order valence-corrected chi connectivity index (χ4v) is 1.79. The van der Waals surface area contributed by atoms with E-state index in [4.69, 9.17) is 4.74 Å². The quantitative estimate of drug-likeness (QED) is 0.617. The molecule has 2 aromatic rings. The number of ketones is 1. The van der Waals surface area contributed by atoms with Gasteiger partial charge in [0.1, 0.15) is 11.6 Å². The van der Waals surface area contributed by atoms with E-state index in [1.54, 1.807) is 12.1 Å². The second-order valence-electron chi connectivity index (χ2n) is 3.76.